The number of amides is 3. The molecule has 0 aromatic carbocycles. The van der Waals surface area contributed by atoms with Crippen LogP contribution in [0.5, 0.6) is 0 Å². The van der Waals surface area contributed by atoms with Gasteiger partial charge in [0.1, 0.15) is 80.8 Å². The molecule has 1 saturated carbocycles. The Kier molecular flexibility index (Phi) is 42.9. The molecule has 684 valence electrons. The van der Waals surface area contributed by atoms with Crippen molar-refractivity contribution in [2.75, 3.05) is 0 Å². The Bertz CT molecular complexity index is 3640. The second kappa shape index (κ2) is 47.1. The molecule has 3 amide bonds. The summed E-state index contributed by atoms with van der Waals surface area (Å²) < 4.78 is 61.3. The van der Waals surface area contributed by atoms with Crippen LogP contribution in [0.1, 0.15) is 329 Å². The third-order valence-corrected chi connectivity index (χ3v) is 18.9. The lowest BCUT2D eigenvalue weighted by Crippen LogP contribution is -2.64. The summed E-state index contributed by atoms with van der Waals surface area (Å²) in [4.78, 5) is 202. The van der Waals surface area contributed by atoms with Gasteiger partial charge in [-0.3, -0.25) is 52.7 Å². The van der Waals surface area contributed by atoms with E-state index in [1.165, 1.54) is 27.7 Å². The van der Waals surface area contributed by atoms with E-state index in [4.69, 9.17) is 52.1 Å². The largest absolute Gasteiger partial charge is 0.460 e. The number of ether oxygens (including phenoxy) is 11. The van der Waals surface area contributed by atoms with Gasteiger partial charge >= 0.3 is 65.8 Å². The minimum absolute atomic E-state index is 0.0282. The Labute approximate surface area is 709 Å². The molecule has 1 saturated heterocycles. The Hall–Kier alpha value is -8.68. The summed E-state index contributed by atoms with van der Waals surface area (Å²) in [5, 5.41) is 31.2. The number of hydrogen-bond donors (Lipinski definition) is 5. The minimum atomic E-state index is -2.57. The van der Waals surface area contributed by atoms with Crippen molar-refractivity contribution in [2.24, 2.45) is 17.8 Å². The van der Waals surface area contributed by atoms with Crippen molar-refractivity contribution >= 4 is 95.0 Å². The van der Waals surface area contributed by atoms with Crippen LogP contribution in [0.3, 0.4) is 0 Å². The predicted octanol–water partition coefficient (Wildman–Crippen LogP) is 11.8. The molecule has 3 rings (SSSR count). The van der Waals surface area contributed by atoms with Crippen molar-refractivity contribution in [1.29, 1.82) is 0 Å². The van der Waals surface area contributed by atoms with E-state index in [1.807, 2.05) is 6.92 Å². The molecule has 3 aliphatic rings. The smallest absolute Gasteiger partial charge is 0.408 e. The van der Waals surface area contributed by atoms with Crippen LogP contribution in [-0.4, -0.2) is 198 Å². The van der Waals surface area contributed by atoms with Gasteiger partial charge in [-0.15, -0.1) is 0 Å². The van der Waals surface area contributed by atoms with Crippen LogP contribution in [0.2, 0.25) is 0 Å². The lowest BCUT2D eigenvalue weighted by molar-refractivity contribution is -0.212. The van der Waals surface area contributed by atoms with Crippen molar-refractivity contribution in [2.45, 2.75) is 422 Å². The maximum atomic E-state index is 13.3. The van der Waals surface area contributed by atoms with E-state index in [1.54, 1.807) is 158 Å². The molecule has 0 unspecified atom stereocenters. The minimum Gasteiger partial charge on any atom is -0.460 e. The van der Waals surface area contributed by atoms with Crippen molar-refractivity contribution < 1.29 is 139 Å². The number of unbranched alkanes of at least 4 members (excludes halogenated alkanes) is 4. The molecule has 1 aliphatic heterocycles. The number of aliphatic hydroxyl groups is 2. The molecular formula is C88H143N3O29. The fourth-order valence-corrected chi connectivity index (χ4v) is 13.3. The maximum Gasteiger partial charge on any atom is 0.408 e. The fourth-order valence-electron chi connectivity index (χ4n) is 13.3. The van der Waals surface area contributed by atoms with E-state index in [-0.39, 0.29) is 111 Å². The molecule has 0 aromatic heterocycles. The number of rotatable bonds is 38. The van der Waals surface area contributed by atoms with E-state index in [9.17, 15) is 86.9 Å². The van der Waals surface area contributed by atoms with Gasteiger partial charge in [0.05, 0.1) is 17.8 Å². The number of nitrogens with one attached hydrogen (secondary N) is 3. The van der Waals surface area contributed by atoms with E-state index in [0.29, 0.717) is 19.3 Å². The molecule has 32 nitrogen and oxygen atoms in total. The zero-order valence-electron chi connectivity index (χ0n) is 76.9. The highest BCUT2D eigenvalue weighted by Crippen LogP contribution is 2.58. The van der Waals surface area contributed by atoms with Crippen molar-refractivity contribution in [1.82, 2.24) is 16.0 Å². The van der Waals surface area contributed by atoms with Gasteiger partial charge in [-0.05, 0) is 202 Å². The van der Waals surface area contributed by atoms with Crippen molar-refractivity contribution in [3.63, 3.8) is 0 Å². The average Bonchev–Trinajstić information content (AvgIpc) is 1.52. The first kappa shape index (κ1) is 109. The summed E-state index contributed by atoms with van der Waals surface area (Å²) in [6, 6.07) is -3.53. The summed E-state index contributed by atoms with van der Waals surface area (Å²) in [7, 11) is 0. The SMILES string of the molecule is C/C=C(/C)C(=O)O[C@H]1C(C)=C2[C@H]([C@@H]1OC(=O)CCCCCCC)[C@@](C)(OC(C)=O)C[C@H](OC(=O)CC)[C@@]1(O)[C@H]2OC(=O)[C@@]1(C)O.CC(=O)N[C@@H](CCC(=O)C[C@@H](CCC(=O)OC(C)(C)C)C(=O)OC(C)(C)C)C(=O)OC(C)(C)C.CCC[C@H](CC(=O)CC[C@H](NC(=O)[C@H](CC(=O)CC)NC(=O)OC(C)(C)C)C(=O)OC(C)(C)C)C(=O)OC(C)(C)C. The highest BCUT2D eigenvalue weighted by molar-refractivity contribution is 5.95. The molecule has 120 heavy (non-hydrogen) atoms. The summed E-state index contributed by atoms with van der Waals surface area (Å²) in [5.74, 6) is -11.5. The van der Waals surface area contributed by atoms with Crippen LogP contribution < -0.4 is 16.0 Å². The maximum absolute atomic E-state index is 13.3. The lowest BCUT2D eigenvalue weighted by atomic mass is 9.75. The quantitative estimate of drug-likeness (QED) is 0.0126. The number of hydrogen-bond acceptors (Lipinski definition) is 29. The molecule has 1 heterocycles. The van der Waals surface area contributed by atoms with Gasteiger partial charge in [0.2, 0.25) is 11.8 Å². The fraction of sp³-hybridized carbons (Fsp3) is 0.773. The van der Waals surface area contributed by atoms with Gasteiger partial charge in [-0.2, -0.15) is 0 Å². The molecule has 32 heteroatoms. The van der Waals surface area contributed by atoms with Crippen LogP contribution >= 0.6 is 0 Å². The van der Waals surface area contributed by atoms with E-state index >= 15 is 0 Å². The molecule has 5 N–H and O–H groups in total. The number of carbonyl (C=O) groups excluding carboxylic acids is 16. The van der Waals surface area contributed by atoms with Gasteiger partial charge < -0.3 is 78.3 Å². The molecule has 0 spiro atoms. The van der Waals surface area contributed by atoms with E-state index < -0.39 is 195 Å². The number of ketones is 3. The second-order valence-corrected chi connectivity index (χ2v) is 37.3. The summed E-state index contributed by atoms with van der Waals surface area (Å²) in [6.45, 7) is 47.7. The Morgan fingerprint density at radius 2 is 0.967 bits per heavy atom. The normalized spacial score (nSPS) is 21.7. The van der Waals surface area contributed by atoms with Crippen molar-refractivity contribution in [3.8, 4) is 0 Å². The first-order valence-electron chi connectivity index (χ1n) is 41.8. The Morgan fingerprint density at radius 1 is 0.500 bits per heavy atom. The van der Waals surface area contributed by atoms with E-state index in [0.717, 1.165) is 32.6 Å². The lowest BCUT2D eigenvalue weighted by Gasteiger charge is -2.41. The van der Waals surface area contributed by atoms with Gasteiger partial charge in [0.15, 0.2) is 29.5 Å². The van der Waals surface area contributed by atoms with Gasteiger partial charge in [0.25, 0.3) is 0 Å². The first-order chi connectivity index (χ1) is 54.7. The van der Waals surface area contributed by atoms with E-state index in [2.05, 4.69) is 22.9 Å². The topological polar surface area (TPSA) is 451 Å². The van der Waals surface area contributed by atoms with Gasteiger partial charge in [-0.25, -0.2) is 24.0 Å². The molecule has 13 atom stereocenters. The molecule has 0 bridgehead atoms. The summed E-state index contributed by atoms with van der Waals surface area (Å²) in [6.07, 6.45) is -0.563. The number of carbonyl (C=O) groups is 16. The number of allylic oxidation sites excluding steroid dienone is 1. The van der Waals surface area contributed by atoms with Crippen LogP contribution in [0.25, 0.3) is 0 Å². The van der Waals surface area contributed by atoms with Crippen molar-refractivity contribution in [3.05, 3.63) is 22.8 Å². The van der Waals surface area contributed by atoms with Crippen LogP contribution in [0, 0.1) is 17.8 Å². The van der Waals surface area contributed by atoms with Crippen LogP contribution in [-0.2, 0) is 124 Å². The molecule has 2 fully saturated rings. The number of esters is 10. The molecule has 0 aromatic rings. The van der Waals surface area contributed by atoms with Crippen LogP contribution in [0.15, 0.2) is 22.8 Å². The Morgan fingerprint density at radius 3 is 1.40 bits per heavy atom. The van der Waals surface area contributed by atoms with Crippen LogP contribution in [0.4, 0.5) is 4.79 Å². The number of alkyl carbamates (subject to hydrolysis) is 1. The summed E-state index contributed by atoms with van der Waals surface area (Å²) in [5.41, 5.74) is -10.7. The Balaban J connectivity index is 0.000000910. The predicted molar refractivity (Wildman–Crippen MR) is 440 cm³/mol. The zero-order valence-corrected chi connectivity index (χ0v) is 76.9. The standard InChI is InChI=1S/C33H48O12.C30H52N2O9.C25H43NO8/c1-9-12-13-14-15-16-23(36)42-27-25-24(19(5)26(27)43-29(37)18(4)10-2)28-33(40,32(8,39)30(38)44-28)21(41-22(35)11-3)17-31(25,7)45-20(6)34;1-12-14-19(25(36)39-28(3,4)5)17-21(34)15-16-22(26(37)40-29(6,7)8)31-24(35)23(18-20(33)13-2)32-27(38)41-30(9,10)11;1-16(27)26-19(22(31)34-25(8,9)10)13-12-18(28)15-17(21(30)33-24(5,6)7)11-14-20(29)32-23(2,3)4/h10,21,25-28,39-40H,9,11-17H2,1-8H3;19,22-23H,12-18H2,1-11H3,(H,31,35)(H,32,38);17,19H,11-15H2,1-10H3,(H,26,27)/b18-10-;;/t21-,25+,26-,27-,28-,31-,32+,33+;19-,22+,23+;17-,19+/m011/s1. The highest BCUT2D eigenvalue weighted by atomic mass is 16.6. The first-order valence-corrected chi connectivity index (χ1v) is 41.8. The average molecular weight is 1710 g/mol. The van der Waals surface area contributed by atoms with Gasteiger partial charge in [-0.1, -0.05) is 65.9 Å². The molecular weight excluding hydrogens is 1560 g/mol. The third-order valence-electron chi connectivity index (χ3n) is 18.9. The van der Waals surface area contributed by atoms with Gasteiger partial charge in [0, 0.05) is 83.6 Å². The monoisotopic (exact) mass is 1710 g/mol. The molecule has 2 aliphatic carbocycles. The molecule has 0 radical (unpaired) electrons. The number of fused-ring (bicyclic) bond motifs is 3. The second-order valence-electron chi connectivity index (χ2n) is 37.3. The number of Topliss-reactive ketones (excluding diaryl/α,β-unsaturated/α-hetero) is 3. The third kappa shape index (κ3) is 38.2. The zero-order chi connectivity index (χ0) is 93.0. The summed E-state index contributed by atoms with van der Waals surface area (Å²) >= 11 is 0. The highest BCUT2D eigenvalue weighted by Gasteiger charge is 2.76.